The molecule has 34 heavy (non-hydrogen) atoms. The third kappa shape index (κ3) is 4.37. The molecule has 3 nitrogen and oxygen atoms in total. The maximum atomic E-state index is 12.8. The Kier molecular flexibility index (Phi) is 6.11. The zero-order valence-electron chi connectivity index (χ0n) is 20.1. The summed E-state index contributed by atoms with van der Waals surface area (Å²) < 4.78 is 46.6. The van der Waals surface area contributed by atoms with Crippen LogP contribution < -0.4 is 4.57 Å². The van der Waals surface area contributed by atoms with Crippen molar-refractivity contribution < 1.29 is 22.2 Å². The van der Waals surface area contributed by atoms with Crippen LogP contribution in [0.5, 0.6) is 0 Å². The molecule has 0 spiro atoms. The van der Waals surface area contributed by atoms with Gasteiger partial charge in [-0.25, -0.2) is 9.55 Å². The smallest absolute Gasteiger partial charge is 0.389 e. The number of allylic oxidation sites excluding steroid dienone is 2. The number of fused-ring (bicyclic) bond motifs is 3. The summed E-state index contributed by atoms with van der Waals surface area (Å²) in [4.78, 5) is 4.57. The van der Waals surface area contributed by atoms with E-state index in [4.69, 9.17) is 4.42 Å². The first kappa shape index (κ1) is 23.7. The van der Waals surface area contributed by atoms with Gasteiger partial charge in [-0.15, -0.1) is 0 Å². The monoisotopic (exact) mass is 465 g/mol. The minimum absolute atomic E-state index is 0.106. The largest absolute Gasteiger partial charge is 0.437 e. The lowest BCUT2D eigenvalue weighted by Crippen LogP contribution is -2.32. The summed E-state index contributed by atoms with van der Waals surface area (Å²) in [5.74, 6) is 0. The van der Waals surface area contributed by atoms with Crippen molar-refractivity contribution in [2.75, 3.05) is 0 Å². The summed E-state index contributed by atoms with van der Waals surface area (Å²) in [7, 11) is 1.96. The van der Waals surface area contributed by atoms with Gasteiger partial charge in [0.2, 0.25) is 11.4 Å². The Balaban J connectivity index is 1.96. The van der Waals surface area contributed by atoms with Gasteiger partial charge in [-0.05, 0) is 74.6 Å². The highest BCUT2D eigenvalue weighted by Crippen LogP contribution is 2.39. The maximum absolute atomic E-state index is 12.8. The molecule has 1 aromatic carbocycles. The zero-order valence-corrected chi connectivity index (χ0v) is 20.1. The Bertz CT molecular complexity index is 1460. The number of rotatable bonds is 5. The predicted octanol–water partition coefficient (Wildman–Crippen LogP) is 7.62. The number of hydrogen-bond acceptors (Lipinski definition) is 2. The first-order valence-electron chi connectivity index (χ1n) is 11.2. The van der Waals surface area contributed by atoms with E-state index in [1.807, 2.05) is 49.9 Å². The minimum atomic E-state index is -4.20. The Morgan fingerprint density at radius 1 is 1.09 bits per heavy atom. The van der Waals surface area contributed by atoms with Crippen LogP contribution in [0.1, 0.15) is 40.8 Å². The van der Waals surface area contributed by atoms with Gasteiger partial charge < -0.3 is 4.42 Å². The molecule has 0 aliphatic carbocycles. The second kappa shape index (κ2) is 8.75. The van der Waals surface area contributed by atoms with Gasteiger partial charge in [0.25, 0.3) is 0 Å². The molecular weight excluding hydrogens is 437 g/mol. The number of pyridine rings is 2. The van der Waals surface area contributed by atoms with Crippen LogP contribution in [-0.4, -0.2) is 11.2 Å². The van der Waals surface area contributed by atoms with Gasteiger partial charge >= 0.3 is 6.18 Å². The summed E-state index contributed by atoms with van der Waals surface area (Å²) in [6.45, 7) is 11.8. The van der Waals surface area contributed by atoms with Crippen LogP contribution in [-0.2, 0) is 7.05 Å². The number of hydrogen-bond donors (Lipinski definition) is 0. The Labute approximate surface area is 197 Å². The molecule has 0 radical (unpaired) electrons. The van der Waals surface area contributed by atoms with E-state index < -0.39 is 12.6 Å². The first-order chi connectivity index (χ1) is 16.0. The van der Waals surface area contributed by atoms with Crippen LogP contribution in [0, 0.1) is 27.7 Å². The number of nitrogens with zero attached hydrogens (tertiary/aromatic N) is 2. The second-order valence-electron chi connectivity index (χ2n) is 8.87. The number of aryl methyl sites for hydroxylation is 3. The topological polar surface area (TPSA) is 29.9 Å². The molecule has 0 saturated heterocycles. The third-order valence-electron chi connectivity index (χ3n) is 6.44. The first-order valence-corrected chi connectivity index (χ1v) is 11.2. The van der Waals surface area contributed by atoms with Gasteiger partial charge in [-0.2, -0.15) is 13.2 Å². The van der Waals surface area contributed by atoms with Crippen LogP contribution in [0.2, 0.25) is 0 Å². The van der Waals surface area contributed by atoms with E-state index in [9.17, 15) is 13.2 Å². The van der Waals surface area contributed by atoms with E-state index in [2.05, 4.69) is 31.5 Å². The zero-order chi connectivity index (χ0) is 24.8. The van der Waals surface area contributed by atoms with Crippen molar-refractivity contribution in [3.8, 4) is 11.3 Å². The summed E-state index contributed by atoms with van der Waals surface area (Å²) in [5, 5.41) is 1.96. The molecule has 0 aliphatic rings. The van der Waals surface area contributed by atoms with Crippen molar-refractivity contribution in [3.05, 3.63) is 76.6 Å². The number of furan rings is 1. The lowest BCUT2D eigenvalue weighted by molar-refractivity contribution is -0.660. The molecule has 0 N–H and O–H groups in total. The molecule has 0 unspecified atom stereocenters. The number of alkyl halides is 3. The molecule has 0 saturated carbocycles. The fourth-order valence-electron chi connectivity index (χ4n) is 4.43. The van der Waals surface area contributed by atoms with E-state index in [0.29, 0.717) is 11.3 Å². The molecule has 0 amide bonds. The van der Waals surface area contributed by atoms with Crippen LogP contribution in [0.15, 0.2) is 53.1 Å². The highest BCUT2D eigenvalue weighted by Gasteiger charge is 2.27. The normalized spacial score (nSPS) is 12.6. The van der Waals surface area contributed by atoms with Crippen LogP contribution in [0.4, 0.5) is 13.2 Å². The molecule has 3 aromatic heterocycles. The van der Waals surface area contributed by atoms with Gasteiger partial charge in [0.1, 0.15) is 7.05 Å². The molecule has 176 valence electrons. The fraction of sp³-hybridized carbons (Fsp3) is 0.286. The molecule has 0 bridgehead atoms. The lowest BCUT2D eigenvalue weighted by atomic mass is 9.92. The quantitative estimate of drug-likeness (QED) is 0.224. The van der Waals surface area contributed by atoms with Gasteiger partial charge in [-0.1, -0.05) is 18.7 Å². The SMILES string of the molecule is C=C/C(=C\c1cc[n+](C)c(-c2c(C)c(C)cc3c2oc2nc(C)ccc23)c1C)CCC(F)(F)F. The summed E-state index contributed by atoms with van der Waals surface area (Å²) in [5.41, 5.74) is 8.73. The van der Waals surface area contributed by atoms with Gasteiger partial charge in [0.05, 0.1) is 5.56 Å². The van der Waals surface area contributed by atoms with Crippen LogP contribution in [0.3, 0.4) is 0 Å². The Morgan fingerprint density at radius 3 is 2.50 bits per heavy atom. The van der Waals surface area contributed by atoms with Crippen molar-refractivity contribution in [1.29, 1.82) is 0 Å². The van der Waals surface area contributed by atoms with Gasteiger partial charge in [0, 0.05) is 34.5 Å². The van der Waals surface area contributed by atoms with E-state index in [1.54, 1.807) is 6.08 Å². The second-order valence-corrected chi connectivity index (χ2v) is 8.87. The highest BCUT2D eigenvalue weighted by atomic mass is 19.4. The Morgan fingerprint density at radius 2 is 1.82 bits per heavy atom. The van der Waals surface area contributed by atoms with E-state index in [1.165, 1.54) is 6.08 Å². The van der Waals surface area contributed by atoms with Crippen molar-refractivity contribution in [2.45, 2.75) is 46.7 Å². The lowest BCUT2D eigenvalue weighted by Gasteiger charge is -2.13. The molecular formula is C28H28F3N2O+. The molecule has 4 rings (SSSR count). The summed E-state index contributed by atoms with van der Waals surface area (Å²) >= 11 is 0. The van der Waals surface area contributed by atoms with Crippen LogP contribution in [0.25, 0.3) is 39.4 Å². The maximum Gasteiger partial charge on any atom is 0.389 e. The van der Waals surface area contributed by atoms with E-state index in [0.717, 1.165) is 55.6 Å². The minimum Gasteiger partial charge on any atom is -0.437 e. The number of halogens is 3. The standard InChI is InChI=1S/C28H28F3N2O/c1-7-20(10-12-28(29,30)31)15-21-11-13-33(6)25(19(21)5)24-18(4)16(2)14-23-22-9-8-17(3)32-27(22)34-26(23)24/h7-9,11,13-15H,1,10,12H2,2-6H3/q+1/b20-15+. The van der Waals surface area contributed by atoms with Gasteiger partial charge in [0.15, 0.2) is 11.8 Å². The van der Waals surface area contributed by atoms with Crippen LogP contribution >= 0.6 is 0 Å². The van der Waals surface area contributed by atoms with Gasteiger partial charge in [-0.3, -0.25) is 0 Å². The molecule has 0 fully saturated rings. The number of aromatic nitrogens is 2. The predicted molar refractivity (Wildman–Crippen MR) is 131 cm³/mol. The highest BCUT2D eigenvalue weighted by molar-refractivity contribution is 6.09. The average Bonchev–Trinajstić information content (AvgIpc) is 3.11. The van der Waals surface area contributed by atoms with E-state index in [-0.39, 0.29) is 6.42 Å². The average molecular weight is 466 g/mol. The Hall–Kier alpha value is -3.41. The summed E-state index contributed by atoms with van der Waals surface area (Å²) in [6.07, 6.45) is 0.0385. The molecule has 0 atom stereocenters. The van der Waals surface area contributed by atoms with Crippen molar-refractivity contribution >= 4 is 28.1 Å². The molecule has 0 aliphatic heterocycles. The fourth-order valence-corrected chi connectivity index (χ4v) is 4.43. The van der Waals surface area contributed by atoms with Crippen molar-refractivity contribution in [1.82, 2.24) is 4.98 Å². The van der Waals surface area contributed by atoms with Crippen molar-refractivity contribution in [3.63, 3.8) is 0 Å². The molecule has 6 heteroatoms. The molecule has 4 aromatic rings. The van der Waals surface area contributed by atoms with Crippen molar-refractivity contribution in [2.24, 2.45) is 7.05 Å². The summed E-state index contributed by atoms with van der Waals surface area (Å²) in [6, 6.07) is 8.05. The van der Waals surface area contributed by atoms with E-state index >= 15 is 0 Å². The molecule has 3 heterocycles. The third-order valence-corrected chi connectivity index (χ3v) is 6.44. The number of benzene rings is 1.